The van der Waals surface area contributed by atoms with Gasteiger partial charge in [-0.2, -0.15) is 0 Å². The molecule has 11 nitrogen and oxygen atoms in total. The second kappa shape index (κ2) is 7.59. The minimum Gasteiger partial charge on any atom is -0.441 e. The van der Waals surface area contributed by atoms with Crippen LogP contribution in [0, 0.1) is 0 Å². The summed E-state index contributed by atoms with van der Waals surface area (Å²) in [6, 6.07) is -0.465. The third-order valence-electron chi connectivity index (χ3n) is 6.48. The lowest BCUT2D eigenvalue weighted by atomic mass is 9.98. The van der Waals surface area contributed by atoms with Crippen LogP contribution in [0.5, 0.6) is 0 Å². The number of nitrogens with zero attached hydrogens (tertiary/aromatic N) is 1. The first-order valence-corrected chi connectivity index (χ1v) is 11.1. The van der Waals surface area contributed by atoms with E-state index in [1.54, 1.807) is 6.92 Å². The third-order valence-corrected chi connectivity index (χ3v) is 6.48. The van der Waals surface area contributed by atoms with E-state index in [0.717, 1.165) is 4.90 Å². The van der Waals surface area contributed by atoms with Crippen LogP contribution < -0.4 is 0 Å². The second-order valence-electron chi connectivity index (χ2n) is 9.85. The summed E-state index contributed by atoms with van der Waals surface area (Å²) in [6.07, 6.45) is -4.65. The molecular formula is C21H31NO10. The molecule has 180 valence electrons. The zero-order valence-corrected chi connectivity index (χ0v) is 19.1. The van der Waals surface area contributed by atoms with E-state index in [4.69, 9.17) is 37.9 Å². The van der Waals surface area contributed by atoms with Crippen molar-refractivity contribution in [1.29, 1.82) is 0 Å². The Labute approximate surface area is 186 Å². The van der Waals surface area contributed by atoms with Gasteiger partial charge in [-0.05, 0) is 34.6 Å². The molecule has 0 aliphatic carbocycles. The van der Waals surface area contributed by atoms with Crippen molar-refractivity contribution in [2.45, 2.75) is 115 Å². The summed E-state index contributed by atoms with van der Waals surface area (Å²) in [7, 11) is 0. The Balaban J connectivity index is 1.35. The van der Waals surface area contributed by atoms with Crippen molar-refractivity contribution in [2.24, 2.45) is 0 Å². The van der Waals surface area contributed by atoms with Crippen molar-refractivity contribution in [3.8, 4) is 0 Å². The summed E-state index contributed by atoms with van der Waals surface area (Å²) in [5, 5.41) is 0. The Morgan fingerprint density at radius 2 is 1.78 bits per heavy atom. The Morgan fingerprint density at radius 1 is 1.03 bits per heavy atom. The van der Waals surface area contributed by atoms with Crippen LogP contribution in [0.2, 0.25) is 0 Å². The molecule has 0 unspecified atom stereocenters. The smallest absolute Gasteiger partial charge is 0.417 e. The summed E-state index contributed by atoms with van der Waals surface area (Å²) < 4.78 is 47.7. The monoisotopic (exact) mass is 457 g/mol. The summed E-state index contributed by atoms with van der Waals surface area (Å²) in [6.45, 7) is 10.8. The molecule has 2 amide bonds. The fourth-order valence-electron chi connectivity index (χ4n) is 5.21. The van der Waals surface area contributed by atoms with E-state index in [-0.39, 0.29) is 18.4 Å². The molecule has 11 heteroatoms. The van der Waals surface area contributed by atoms with Gasteiger partial charge in [0.2, 0.25) is 5.91 Å². The summed E-state index contributed by atoms with van der Waals surface area (Å²) in [5.74, 6) is -1.92. The van der Waals surface area contributed by atoms with Gasteiger partial charge in [-0.3, -0.25) is 4.79 Å². The zero-order valence-electron chi connectivity index (χ0n) is 19.1. The van der Waals surface area contributed by atoms with Gasteiger partial charge in [0.1, 0.15) is 24.4 Å². The fraction of sp³-hybridized carbons (Fsp3) is 0.905. The summed E-state index contributed by atoms with van der Waals surface area (Å²) in [4.78, 5) is 25.4. The molecule has 0 spiro atoms. The minimum absolute atomic E-state index is 0.276. The fourth-order valence-corrected chi connectivity index (χ4v) is 5.21. The van der Waals surface area contributed by atoms with Crippen molar-refractivity contribution in [3.63, 3.8) is 0 Å². The number of hydrogen-bond acceptors (Lipinski definition) is 10. The topological polar surface area (TPSA) is 111 Å². The molecule has 0 aromatic rings. The van der Waals surface area contributed by atoms with Gasteiger partial charge in [0.05, 0.1) is 18.8 Å². The van der Waals surface area contributed by atoms with E-state index in [0.29, 0.717) is 6.61 Å². The normalized spacial score (nSPS) is 46.8. The van der Waals surface area contributed by atoms with Gasteiger partial charge in [-0.25, -0.2) is 9.69 Å². The third kappa shape index (κ3) is 3.83. The van der Waals surface area contributed by atoms with Gasteiger partial charge in [0, 0.05) is 13.3 Å². The van der Waals surface area contributed by atoms with Gasteiger partial charge in [0.15, 0.2) is 30.3 Å². The number of fused-ring (bicyclic) bond motifs is 2. The van der Waals surface area contributed by atoms with Gasteiger partial charge < -0.3 is 37.9 Å². The molecule has 0 saturated carbocycles. The van der Waals surface area contributed by atoms with Gasteiger partial charge in [-0.1, -0.05) is 0 Å². The number of carbonyl (C=O) groups is 2. The van der Waals surface area contributed by atoms with Crippen LogP contribution in [0.1, 0.15) is 48.0 Å². The van der Waals surface area contributed by atoms with Crippen LogP contribution in [0.15, 0.2) is 0 Å². The zero-order chi connectivity index (χ0) is 23.0. The number of ether oxygens (including phenoxy) is 8. The lowest BCUT2D eigenvalue weighted by molar-refractivity contribution is -0.275. The van der Waals surface area contributed by atoms with Crippen molar-refractivity contribution < 1.29 is 47.5 Å². The maximum absolute atomic E-state index is 12.2. The van der Waals surface area contributed by atoms with Crippen LogP contribution in [0.3, 0.4) is 0 Å². The highest BCUT2D eigenvalue weighted by atomic mass is 16.9. The van der Waals surface area contributed by atoms with Crippen LogP contribution in [0.4, 0.5) is 4.79 Å². The molecule has 9 atom stereocenters. The molecule has 5 rings (SSSR count). The maximum atomic E-state index is 12.2. The standard InChI is InChI=1S/C21H31NO10/c1-9-14-11(22(10(2)23)19(24)29-14)7-13(26-9)27-16-15(12-8-25-20(3,4)30-12)28-18-17(16)31-21(5,6)32-18/h9,11-18H,7-8H2,1-6H3/t9-,11+,12+,13-,14-,15+,16+,17+,18+/m0/s1. The number of carbonyl (C=O) groups excluding carboxylic acids is 2. The highest BCUT2D eigenvalue weighted by molar-refractivity contribution is 5.92. The van der Waals surface area contributed by atoms with Crippen LogP contribution in [-0.4, -0.2) is 90.3 Å². The average Bonchev–Trinajstić information content (AvgIpc) is 3.36. The van der Waals surface area contributed by atoms with E-state index in [2.05, 4.69) is 0 Å². The molecule has 5 heterocycles. The van der Waals surface area contributed by atoms with Crippen LogP contribution in [0.25, 0.3) is 0 Å². The molecule has 0 N–H and O–H groups in total. The van der Waals surface area contributed by atoms with E-state index in [1.807, 2.05) is 27.7 Å². The molecule has 5 aliphatic heterocycles. The molecule has 5 aliphatic rings. The number of rotatable bonds is 3. The lowest BCUT2D eigenvalue weighted by Gasteiger charge is -2.39. The highest BCUT2D eigenvalue weighted by Gasteiger charge is 2.60. The quantitative estimate of drug-likeness (QED) is 0.614. The summed E-state index contributed by atoms with van der Waals surface area (Å²) >= 11 is 0. The van der Waals surface area contributed by atoms with Gasteiger partial charge in [-0.15, -0.1) is 0 Å². The largest absolute Gasteiger partial charge is 0.441 e. The van der Waals surface area contributed by atoms with Gasteiger partial charge >= 0.3 is 6.09 Å². The second-order valence-corrected chi connectivity index (χ2v) is 9.85. The predicted octanol–water partition coefficient (Wildman–Crippen LogP) is 1.27. The Morgan fingerprint density at radius 3 is 2.44 bits per heavy atom. The molecule has 0 radical (unpaired) electrons. The lowest BCUT2D eigenvalue weighted by Crippen LogP contribution is -2.54. The first-order valence-electron chi connectivity index (χ1n) is 11.1. The Hall–Kier alpha value is -1.34. The molecule has 5 saturated heterocycles. The molecule has 32 heavy (non-hydrogen) atoms. The van der Waals surface area contributed by atoms with E-state index < -0.39 is 66.8 Å². The van der Waals surface area contributed by atoms with E-state index >= 15 is 0 Å². The van der Waals surface area contributed by atoms with Crippen molar-refractivity contribution in [1.82, 2.24) is 4.90 Å². The van der Waals surface area contributed by atoms with Gasteiger partial charge in [0.25, 0.3) is 0 Å². The predicted molar refractivity (Wildman–Crippen MR) is 104 cm³/mol. The molecule has 0 aromatic heterocycles. The Kier molecular flexibility index (Phi) is 5.32. The molecule has 0 aromatic carbocycles. The van der Waals surface area contributed by atoms with Crippen LogP contribution in [-0.2, 0) is 42.7 Å². The highest BCUT2D eigenvalue weighted by Crippen LogP contribution is 2.43. The number of hydrogen-bond donors (Lipinski definition) is 0. The number of imide groups is 1. The maximum Gasteiger partial charge on any atom is 0.417 e. The first-order chi connectivity index (χ1) is 14.9. The molecule has 0 bridgehead atoms. The van der Waals surface area contributed by atoms with E-state index in [9.17, 15) is 9.59 Å². The van der Waals surface area contributed by atoms with Crippen LogP contribution >= 0.6 is 0 Å². The van der Waals surface area contributed by atoms with Crippen molar-refractivity contribution in [3.05, 3.63) is 0 Å². The van der Waals surface area contributed by atoms with Crippen molar-refractivity contribution >= 4 is 12.0 Å². The summed E-state index contributed by atoms with van der Waals surface area (Å²) in [5.41, 5.74) is 0. The molecule has 5 fully saturated rings. The average molecular weight is 457 g/mol. The van der Waals surface area contributed by atoms with E-state index in [1.165, 1.54) is 6.92 Å². The number of amides is 2. The molecular weight excluding hydrogens is 426 g/mol. The van der Waals surface area contributed by atoms with Crippen molar-refractivity contribution in [2.75, 3.05) is 6.61 Å². The first kappa shape index (κ1) is 22.5. The SMILES string of the molecule is CC(=O)N1C(=O)O[C@H]2[C@H](C)O[C@@H](O[C@H]3[C@H]4OC(C)(C)O[C@H]4O[C@@H]3[C@H]3COC(C)(C)O3)C[C@H]21. The Bertz CT molecular complexity index is 787. The minimum atomic E-state index is -0.822.